The van der Waals surface area contributed by atoms with Crippen molar-refractivity contribution in [2.75, 3.05) is 19.7 Å². The molecule has 0 radical (unpaired) electrons. The first-order valence-corrected chi connectivity index (χ1v) is 7.12. The maximum atomic E-state index is 12.1. The van der Waals surface area contributed by atoms with Crippen LogP contribution >= 0.6 is 0 Å². The second-order valence-electron chi connectivity index (χ2n) is 6.58. The van der Waals surface area contributed by atoms with E-state index in [1.807, 2.05) is 20.8 Å². The van der Waals surface area contributed by atoms with Gasteiger partial charge in [-0.3, -0.25) is 0 Å². The highest BCUT2D eigenvalue weighted by atomic mass is 16.6. The molecule has 2 atom stereocenters. The van der Waals surface area contributed by atoms with Crippen molar-refractivity contribution in [2.24, 2.45) is 0 Å². The molecule has 1 spiro atoms. The molecule has 1 saturated carbocycles. The van der Waals surface area contributed by atoms with Gasteiger partial charge in [0.1, 0.15) is 11.2 Å². The molecule has 1 amide bonds. The first-order chi connectivity index (χ1) is 8.82. The third kappa shape index (κ3) is 3.39. The van der Waals surface area contributed by atoms with E-state index in [0.29, 0.717) is 19.7 Å². The summed E-state index contributed by atoms with van der Waals surface area (Å²) in [6, 6.07) is 0. The van der Waals surface area contributed by atoms with Gasteiger partial charge in [-0.05, 0) is 33.6 Å². The number of carbonyl (C=O) groups is 1. The average Bonchev–Trinajstić information content (AvgIpc) is 2.31. The van der Waals surface area contributed by atoms with Crippen molar-refractivity contribution in [3.8, 4) is 0 Å². The minimum absolute atomic E-state index is 0.312. The Kier molecular flexibility index (Phi) is 4.06. The Bertz CT molecular complexity index is 335. The molecule has 0 aromatic carbocycles. The molecule has 0 bridgehead atoms. The second kappa shape index (κ2) is 5.29. The zero-order valence-electron chi connectivity index (χ0n) is 12.1. The second-order valence-corrected chi connectivity index (χ2v) is 6.58. The fourth-order valence-corrected chi connectivity index (χ4v) is 2.83. The van der Waals surface area contributed by atoms with Gasteiger partial charge in [0.2, 0.25) is 0 Å². The van der Waals surface area contributed by atoms with E-state index in [0.717, 1.165) is 25.7 Å². The molecule has 1 aliphatic heterocycles. The number of nitrogens with zero attached hydrogens (tertiary/aromatic N) is 1. The Balaban J connectivity index is 2.02. The predicted octanol–water partition coefficient (Wildman–Crippen LogP) is 1.93. The number of hydrogen-bond acceptors (Lipinski definition) is 4. The smallest absolute Gasteiger partial charge is 0.410 e. The fourth-order valence-electron chi connectivity index (χ4n) is 2.83. The molecule has 2 unspecified atom stereocenters. The van der Waals surface area contributed by atoms with Gasteiger partial charge in [-0.2, -0.15) is 0 Å². The van der Waals surface area contributed by atoms with Crippen molar-refractivity contribution >= 4 is 6.09 Å². The standard InChI is InChI=1S/C14H25NO4/c1-13(2,3)19-12(17)15-8-9-18-14(10-15)7-5-4-6-11(14)16/h11,16H,4-10H2,1-3H3. The van der Waals surface area contributed by atoms with Crippen LogP contribution in [-0.2, 0) is 9.47 Å². The number of aliphatic hydroxyl groups excluding tert-OH is 1. The van der Waals surface area contributed by atoms with Gasteiger partial charge in [0.05, 0.1) is 19.3 Å². The van der Waals surface area contributed by atoms with Gasteiger partial charge in [-0.25, -0.2) is 4.79 Å². The largest absolute Gasteiger partial charge is 0.444 e. The Hall–Kier alpha value is -0.810. The topological polar surface area (TPSA) is 59.0 Å². The summed E-state index contributed by atoms with van der Waals surface area (Å²) in [5.41, 5.74) is -1.07. The first-order valence-electron chi connectivity index (χ1n) is 7.12. The summed E-state index contributed by atoms with van der Waals surface area (Å²) in [5, 5.41) is 10.2. The van der Waals surface area contributed by atoms with E-state index in [-0.39, 0.29) is 6.09 Å². The van der Waals surface area contributed by atoms with E-state index < -0.39 is 17.3 Å². The van der Waals surface area contributed by atoms with Gasteiger partial charge in [0.25, 0.3) is 0 Å². The maximum absolute atomic E-state index is 12.1. The van der Waals surface area contributed by atoms with Crippen LogP contribution in [0.4, 0.5) is 4.79 Å². The highest BCUT2D eigenvalue weighted by molar-refractivity contribution is 5.68. The molecule has 2 fully saturated rings. The lowest BCUT2D eigenvalue weighted by molar-refractivity contribution is -0.179. The fraction of sp³-hybridized carbons (Fsp3) is 0.929. The van der Waals surface area contributed by atoms with Crippen molar-refractivity contribution in [2.45, 2.75) is 63.8 Å². The number of morpholine rings is 1. The number of aliphatic hydroxyl groups is 1. The number of rotatable bonds is 0. The SMILES string of the molecule is CC(C)(C)OC(=O)N1CCOC2(CCCCC2O)C1. The monoisotopic (exact) mass is 271 g/mol. The molecule has 110 valence electrons. The lowest BCUT2D eigenvalue weighted by atomic mass is 9.81. The van der Waals surface area contributed by atoms with E-state index in [9.17, 15) is 9.90 Å². The van der Waals surface area contributed by atoms with Crippen LogP contribution in [0, 0.1) is 0 Å². The summed E-state index contributed by atoms with van der Waals surface area (Å²) < 4.78 is 11.2. The van der Waals surface area contributed by atoms with Crippen molar-refractivity contribution in [3.05, 3.63) is 0 Å². The Labute approximate surface area is 114 Å². The van der Waals surface area contributed by atoms with Crippen LogP contribution in [0.5, 0.6) is 0 Å². The van der Waals surface area contributed by atoms with Gasteiger partial charge >= 0.3 is 6.09 Å². The molecule has 1 N–H and O–H groups in total. The van der Waals surface area contributed by atoms with Crippen molar-refractivity contribution in [1.82, 2.24) is 4.90 Å². The third-order valence-electron chi connectivity index (χ3n) is 3.80. The van der Waals surface area contributed by atoms with E-state index in [1.165, 1.54) is 0 Å². The van der Waals surface area contributed by atoms with Crippen LogP contribution in [0.2, 0.25) is 0 Å². The molecular formula is C14H25NO4. The number of ether oxygens (including phenoxy) is 2. The molecule has 5 heteroatoms. The summed E-state index contributed by atoms with van der Waals surface area (Å²) in [7, 11) is 0. The van der Waals surface area contributed by atoms with Crippen LogP contribution < -0.4 is 0 Å². The molecule has 1 heterocycles. The molecule has 2 aliphatic rings. The first kappa shape index (κ1) is 14.6. The van der Waals surface area contributed by atoms with Crippen molar-refractivity contribution < 1.29 is 19.4 Å². The number of amides is 1. The minimum Gasteiger partial charge on any atom is -0.444 e. The van der Waals surface area contributed by atoms with E-state index in [1.54, 1.807) is 4.90 Å². The molecular weight excluding hydrogens is 246 g/mol. The van der Waals surface area contributed by atoms with Crippen LogP contribution in [-0.4, -0.2) is 53.1 Å². The van der Waals surface area contributed by atoms with Crippen LogP contribution in [0.25, 0.3) is 0 Å². The highest BCUT2D eigenvalue weighted by Crippen LogP contribution is 2.35. The maximum Gasteiger partial charge on any atom is 0.410 e. The van der Waals surface area contributed by atoms with E-state index in [2.05, 4.69) is 0 Å². The van der Waals surface area contributed by atoms with Crippen LogP contribution in [0.1, 0.15) is 46.5 Å². The van der Waals surface area contributed by atoms with E-state index >= 15 is 0 Å². The summed E-state index contributed by atoms with van der Waals surface area (Å²) in [5.74, 6) is 0. The van der Waals surface area contributed by atoms with Gasteiger partial charge in [0, 0.05) is 6.54 Å². The van der Waals surface area contributed by atoms with Crippen LogP contribution in [0.3, 0.4) is 0 Å². The quantitative estimate of drug-likeness (QED) is 0.731. The lowest BCUT2D eigenvalue weighted by Gasteiger charge is -2.47. The molecule has 0 aromatic heterocycles. The zero-order chi connectivity index (χ0) is 14.1. The Morgan fingerprint density at radius 1 is 1.42 bits per heavy atom. The number of carbonyl (C=O) groups excluding carboxylic acids is 1. The molecule has 1 aliphatic carbocycles. The highest BCUT2D eigenvalue weighted by Gasteiger charge is 2.46. The van der Waals surface area contributed by atoms with Gasteiger partial charge in [-0.1, -0.05) is 12.8 Å². The molecule has 2 rings (SSSR count). The molecule has 19 heavy (non-hydrogen) atoms. The molecule has 1 saturated heterocycles. The normalized spacial score (nSPS) is 32.4. The summed E-state index contributed by atoms with van der Waals surface area (Å²) >= 11 is 0. The lowest BCUT2D eigenvalue weighted by Crippen LogP contribution is -2.60. The van der Waals surface area contributed by atoms with E-state index in [4.69, 9.17) is 9.47 Å². The van der Waals surface area contributed by atoms with Gasteiger partial charge in [-0.15, -0.1) is 0 Å². The van der Waals surface area contributed by atoms with Gasteiger partial charge < -0.3 is 19.5 Å². The number of hydrogen-bond donors (Lipinski definition) is 1. The Morgan fingerprint density at radius 3 is 2.79 bits per heavy atom. The average molecular weight is 271 g/mol. The molecule has 5 nitrogen and oxygen atoms in total. The van der Waals surface area contributed by atoms with Crippen LogP contribution in [0.15, 0.2) is 0 Å². The summed E-state index contributed by atoms with van der Waals surface area (Å²) in [6.45, 7) is 7.01. The third-order valence-corrected chi connectivity index (χ3v) is 3.80. The van der Waals surface area contributed by atoms with Crippen molar-refractivity contribution in [1.29, 1.82) is 0 Å². The van der Waals surface area contributed by atoms with Crippen molar-refractivity contribution in [3.63, 3.8) is 0 Å². The van der Waals surface area contributed by atoms with Gasteiger partial charge in [0.15, 0.2) is 0 Å². The predicted molar refractivity (Wildman–Crippen MR) is 71.0 cm³/mol. The molecule has 0 aromatic rings. The summed E-state index contributed by atoms with van der Waals surface area (Å²) in [4.78, 5) is 13.8. The minimum atomic E-state index is -0.576. The Morgan fingerprint density at radius 2 is 2.16 bits per heavy atom. The zero-order valence-corrected chi connectivity index (χ0v) is 12.1. The summed E-state index contributed by atoms with van der Waals surface area (Å²) in [6.07, 6.45) is 2.84.